The summed E-state index contributed by atoms with van der Waals surface area (Å²) in [6.45, 7) is 6.52. The molecule has 120 valence electrons. The Morgan fingerprint density at radius 1 is 1.32 bits per heavy atom. The molecule has 0 aliphatic rings. The van der Waals surface area contributed by atoms with Crippen LogP contribution in [-0.2, 0) is 0 Å². The number of benzene rings is 1. The molecule has 0 bridgehead atoms. The maximum absolute atomic E-state index is 5.44. The topological polar surface area (TPSA) is 94.2 Å². The number of nitrogens with one attached hydrogen (secondary N) is 1. The highest BCUT2D eigenvalue weighted by molar-refractivity contribution is 6.00. The highest BCUT2D eigenvalue weighted by Crippen LogP contribution is 2.28. The monoisotopic (exact) mass is 302 g/mol. The molecule has 0 atom stereocenters. The molecule has 0 aliphatic heterocycles. The molecule has 0 fully saturated rings. The van der Waals surface area contributed by atoms with Crippen LogP contribution in [0.15, 0.2) is 23.3 Å². The summed E-state index contributed by atoms with van der Waals surface area (Å²) < 4.78 is 2.36. The van der Waals surface area contributed by atoms with Crippen molar-refractivity contribution in [2.75, 3.05) is 0 Å². The van der Waals surface area contributed by atoms with E-state index in [9.17, 15) is 0 Å². The molecule has 6 nitrogen and oxygen atoms in total. The summed E-state index contributed by atoms with van der Waals surface area (Å²) in [5, 5.41) is 3.65. The molecular formula is C16H26N6. The molecule has 2 aromatic rings. The summed E-state index contributed by atoms with van der Waals surface area (Å²) in [7, 11) is 0. The molecule has 6 heteroatoms. The van der Waals surface area contributed by atoms with E-state index >= 15 is 0 Å². The average molecular weight is 302 g/mol. The van der Waals surface area contributed by atoms with E-state index in [-0.39, 0.29) is 0 Å². The fourth-order valence-electron chi connectivity index (χ4n) is 3.09. The number of rotatable bonds is 6. The lowest BCUT2D eigenvalue weighted by Gasteiger charge is -2.20. The van der Waals surface area contributed by atoms with Crippen LogP contribution in [0.2, 0.25) is 0 Å². The third-order valence-electron chi connectivity index (χ3n) is 4.01. The van der Waals surface area contributed by atoms with Crippen LogP contribution < -0.4 is 17.1 Å². The van der Waals surface area contributed by atoms with Crippen molar-refractivity contribution in [3.8, 4) is 0 Å². The SMILES string of the molecule is CCCC(CCC)n1c(C)nc2cc(/C(=N/N)NN)ccc21. The lowest BCUT2D eigenvalue weighted by Crippen LogP contribution is -2.32. The van der Waals surface area contributed by atoms with E-state index in [4.69, 9.17) is 16.7 Å². The Bertz CT molecular complexity index is 652. The van der Waals surface area contributed by atoms with Crippen LogP contribution >= 0.6 is 0 Å². The first kappa shape index (κ1) is 16.3. The molecule has 0 unspecified atom stereocenters. The molecule has 1 heterocycles. The minimum absolute atomic E-state index is 0.452. The van der Waals surface area contributed by atoms with Crippen LogP contribution in [-0.4, -0.2) is 15.4 Å². The van der Waals surface area contributed by atoms with Gasteiger partial charge in [-0.15, -0.1) is 0 Å². The molecule has 1 aromatic heterocycles. The van der Waals surface area contributed by atoms with Crippen molar-refractivity contribution in [3.05, 3.63) is 29.6 Å². The predicted octanol–water partition coefficient (Wildman–Crippen LogP) is 2.57. The van der Waals surface area contributed by atoms with Crippen LogP contribution in [0.3, 0.4) is 0 Å². The highest BCUT2D eigenvalue weighted by Gasteiger charge is 2.16. The van der Waals surface area contributed by atoms with Crippen LogP contribution in [0.5, 0.6) is 0 Å². The maximum Gasteiger partial charge on any atom is 0.166 e. The molecule has 0 saturated carbocycles. The number of hydrazine groups is 1. The number of nitrogens with two attached hydrogens (primary N) is 2. The van der Waals surface area contributed by atoms with Gasteiger partial charge in [0.25, 0.3) is 0 Å². The summed E-state index contributed by atoms with van der Waals surface area (Å²) in [6, 6.07) is 6.52. The van der Waals surface area contributed by atoms with Gasteiger partial charge in [-0.3, -0.25) is 0 Å². The van der Waals surface area contributed by atoms with Gasteiger partial charge < -0.3 is 15.8 Å². The molecule has 0 spiro atoms. The first-order chi connectivity index (χ1) is 10.7. The predicted molar refractivity (Wildman–Crippen MR) is 91.4 cm³/mol. The fourth-order valence-corrected chi connectivity index (χ4v) is 3.09. The second-order valence-electron chi connectivity index (χ2n) is 5.59. The second kappa shape index (κ2) is 7.26. The lowest BCUT2D eigenvalue weighted by molar-refractivity contribution is 0.428. The van der Waals surface area contributed by atoms with E-state index in [0.29, 0.717) is 11.9 Å². The summed E-state index contributed by atoms with van der Waals surface area (Å²) in [5.74, 6) is 12.3. The van der Waals surface area contributed by atoms with Gasteiger partial charge in [0.15, 0.2) is 5.84 Å². The fraction of sp³-hybridized carbons (Fsp3) is 0.500. The minimum atomic E-state index is 0.452. The molecule has 0 radical (unpaired) electrons. The second-order valence-corrected chi connectivity index (χ2v) is 5.59. The minimum Gasteiger partial charge on any atom is -0.325 e. The van der Waals surface area contributed by atoms with Gasteiger partial charge in [0.05, 0.1) is 11.0 Å². The van der Waals surface area contributed by atoms with Crippen molar-refractivity contribution >= 4 is 16.9 Å². The van der Waals surface area contributed by atoms with Crippen molar-refractivity contribution < 1.29 is 0 Å². The van der Waals surface area contributed by atoms with Crippen molar-refractivity contribution in [1.29, 1.82) is 0 Å². The van der Waals surface area contributed by atoms with Crippen molar-refractivity contribution in [2.45, 2.75) is 52.5 Å². The molecule has 1 aromatic carbocycles. The van der Waals surface area contributed by atoms with Crippen molar-refractivity contribution in [3.63, 3.8) is 0 Å². The Balaban J connectivity index is 2.51. The van der Waals surface area contributed by atoms with Gasteiger partial charge in [-0.2, -0.15) is 5.10 Å². The van der Waals surface area contributed by atoms with Gasteiger partial charge >= 0.3 is 0 Å². The average Bonchev–Trinajstić information content (AvgIpc) is 2.83. The van der Waals surface area contributed by atoms with Gasteiger partial charge in [0.1, 0.15) is 5.82 Å². The van der Waals surface area contributed by atoms with E-state index in [1.807, 2.05) is 12.1 Å². The Labute approximate surface area is 131 Å². The number of aryl methyl sites for hydroxylation is 1. The van der Waals surface area contributed by atoms with Gasteiger partial charge in [-0.1, -0.05) is 26.7 Å². The molecule has 0 saturated heterocycles. The number of hydrazone groups is 1. The number of fused-ring (bicyclic) bond motifs is 1. The van der Waals surface area contributed by atoms with Crippen LogP contribution in [0, 0.1) is 6.92 Å². The van der Waals surface area contributed by atoms with Crippen LogP contribution in [0.1, 0.15) is 57.0 Å². The number of aromatic nitrogens is 2. The summed E-state index contributed by atoms with van der Waals surface area (Å²) in [6.07, 6.45) is 4.68. The largest absolute Gasteiger partial charge is 0.325 e. The Morgan fingerprint density at radius 2 is 2.00 bits per heavy atom. The number of imidazole rings is 1. The molecule has 22 heavy (non-hydrogen) atoms. The quantitative estimate of drug-likeness (QED) is 0.331. The van der Waals surface area contributed by atoms with Gasteiger partial charge in [0, 0.05) is 11.6 Å². The maximum atomic E-state index is 5.44. The first-order valence-corrected chi connectivity index (χ1v) is 7.89. The number of hydrogen-bond donors (Lipinski definition) is 3. The van der Waals surface area contributed by atoms with E-state index in [1.165, 1.54) is 25.7 Å². The van der Waals surface area contributed by atoms with Crippen LogP contribution in [0.4, 0.5) is 0 Å². The first-order valence-electron chi connectivity index (χ1n) is 7.89. The molecular weight excluding hydrogens is 276 g/mol. The van der Waals surface area contributed by atoms with Gasteiger partial charge in [0.2, 0.25) is 0 Å². The summed E-state index contributed by atoms with van der Waals surface area (Å²) in [5.41, 5.74) is 5.45. The summed E-state index contributed by atoms with van der Waals surface area (Å²) in [4.78, 5) is 4.71. The molecule has 2 rings (SSSR count). The Morgan fingerprint density at radius 3 is 2.55 bits per heavy atom. The standard InChI is InChI=1S/C16H26N6/c1-4-6-13(7-5-2)22-11(3)19-14-10-12(8-9-15(14)22)16(20-17)21-18/h8-10,13H,4-7,17-18H2,1-3H3,(H,20,21). The normalized spacial score (nSPS) is 12.3. The van der Waals surface area contributed by atoms with E-state index in [2.05, 4.69) is 41.9 Å². The molecule has 5 N–H and O–H groups in total. The highest BCUT2D eigenvalue weighted by atomic mass is 15.3. The third-order valence-corrected chi connectivity index (χ3v) is 4.01. The van der Waals surface area contributed by atoms with Crippen molar-refractivity contribution in [2.24, 2.45) is 16.8 Å². The summed E-state index contributed by atoms with van der Waals surface area (Å²) >= 11 is 0. The zero-order valence-corrected chi connectivity index (χ0v) is 13.6. The van der Waals surface area contributed by atoms with E-state index < -0.39 is 0 Å². The number of amidine groups is 1. The Kier molecular flexibility index (Phi) is 5.38. The van der Waals surface area contributed by atoms with Gasteiger partial charge in [-0.05, 0) is 38.0 Å². The number of nitrogens with zero attached hydrogens (tertiary/aromatic N) is 3. The number of hydrogen-bond acceptors (Lipinski definition) is 4. The zero-order valence-electron chi connectivity index (χ0n) is 13.6. The zero-order chi connectivity index (χ0) is 16.1. The molecule has 0 amide bonds. The van der Waals surface area contributed by atoms with E-state index in [1.54, 1.807) is 0 Å². The van der Waals surface area contributed by atoms with Gasteiger partial charge in [-0.25, -0.2) is 10.8 Å². The van der Waals surface area contributed by atoms with Crippen molar-refractivity contribution in [1.82, 2.24) is 15.0 Å². The smallest absolute Gasteiger partial charge is 0.166 e. The lowest BCUT2D eigenvalue weighted by atomic mass is 10.1. The third kappa shape index (κ3) is 3.06. The Hall–Kier alpha value is -2.08. The van der Waals surface area contributed by atoms with E-state index in [0.717, 1.165) is 22.4 Å². The molecule has 0 aliphatic carbocycles. The van der Waals surface area contributed by atoms with Crippen LogP contribution in [0.25, 0.3) is 11.0 Å².